The van der Waals surface area contributed by atoms with Gasteiger partial charge in [0.05, 0.1) is 31.2 Å². The molecule has 0 radical (unpaired) electrons. The van der Waals surface area contributed by atoms with E-state index in [2.05, 4.69) is 15.6 Å². The van der Waals surface area contributed by atoms with Crippen LogP contribution in [-0.4, -0.2) is 36.8 Å². The highest BCUT2D eigenvalue weighted by atomic mass is 32.2. The summed E-state index contributed by atoms with van der Waals surface area (Å²) in [6, 6.07) is 10.6. The zero-order valence-electron chi connectivity index (χ0n) is 16.8. The number of thiazole rings is 1. The number of nitrogens with one attached hydrogen (secondary N) is 2. The van der Waals surface area contributed by atoms with Crippen molar-refractivity contribution in [2.24, 2.45) is 0 Å². The molecule has 0 saturated heterocycles. The number of rotatable bonds is 9. The van der Waals surface area contributed by atoms with Crippen LogP contribution < -0.4 is 20.1 Å². The van der Waals surface area contributed by atoms with Gasteiger partial charge in [0.1, 0.15) is 5.82 Å². The molecule has 2 amide bonds. The van der Waals surface area contributed by atoms with Crippen LogP contribution in [0.5, 0.6) is 11.5 Å². The van der Waals surface area contributed by atoms with Crippen molar-refractivity contribution in [2.45, 2.75) is 5.75 Å². The number of hydrogen-bond donors (Lipinski definition) is 2. The summed E-state index contributed by atoms with van der Waals surface area (Å²) in [5.41, 5.74) is 1.63. The predicted octanol–water partition coefficient (Wildman–Crippen LogP) is 4.42. The Bertz CT molecular complexity index is 1060. The molecule has 1 aromatic heterocycles. The highest BCUT2D eigenvalue weighted by Crippen LogP contribution is 2.31. The Morgan fingerprint density at radius 2 is 1.87 bits per heavy atom. The maximum atomic E-state index is 12.9. The van der Waals surface area contributed by atoms with Crippen molar-refractivity contribution in [1.29, 1.82) is 0 Å². The summed E-state index contributed by atoms with van der Waals surface area (Å²) in [6.07, 6.45) is 0. The fraction of sp³-hybridized carbons (Fsp3) is 0.190. The Morgan fingerprint density at radius 1 is 1.10 bits per heavy atom. The summed E-state index contributed by atoms with van der Waals surface area (Å²) < 4.78 is 23.4. The first-order valence-corrected chi connectivity index (χ1v) is 11.1. The lowest BCUT2D eigenvalue weighted by atomic mass is 10.1. The second-order valence-corrected chi connectivity index (χ2v) is 8.03. The third kappa shape index (κ3) is 6.19. The maximum absolute atomic E-state index is 12.9. The monoisotopic (exact) mass is 461 g/mol. The van der Waals surface area contributed by atoms with Crippen molar-refractivity contribution < 1.29 is 23.5 Å². The standard InChI is InChI=1S/C21H20FN3O4S2/c1-28-17-5-3-4-16(19(17)29-2)20(27)25-21-24-15(11-31-21)10-30-12-18(26)23-14-8-6-13(22)7-9-14/h3-9,11H,10,12H2,1-2H3,(H,23,26)(H,24,25,27). The molecular formula is C21H20FN3O4S2. The molecule has 31 heavy (non-hydrogen) atoms. The summed E-state index contributed by atoms with van der Waals surface area (Å²) in [4.78, 5) is 29.0. The van der Waals surface area contributed by atoms with Crippen LogP contribution in [0.3, 0.4) is 0 Å². The minimum Gasteiger partial charge on any atom is -0.493 e. The first-order chi connectivity index (χ1) is 15.0. The van der Waals surface area contributed by atoms with E-state index in [0.717, 1.165) is 5.69 Å². The Kier molecular flexibility index (Phi) is 7.85. The number of carbonyl (C=O) groups excluding carboxylic acids is 2. The molecule has 2 aromatic carbocycles. The molecule has 3 rings (SSSR count). The number of hydrogen-bond acceptors (Lipinski definition) is 7. The number of halogens is 1. The molecule has 3 aromatic rings. The average Bonchev–Trinajstić information content (AvgIpc) is 3.21. The van der Waals surface area contributed by atoms with E-state index in [1.165, 1.54) is 61.6 Å². The Labute approximate surface area is 187 Å². The molecule has 1 heterocycles. The topological polar surface area (TPSA) is 89.5 Å². The van der Waals surface area contributed by atoms with Crippen molar-refractivity contribution in [3.63, 3.8) is 0 Å². The molecular weight excluding hydrogens is 441 g/mol. The van der Waals surface area contributed by atoms with Crippen LogP contribution in [0.2, 0.25) is 0 Å². The molecule has 0 atom stereocenters. The highest BCUT2D eigenvalue weighted by Gasteiger charge is 2.17. The van der Waals surface area contributed by atoms with E-state index in [0.29, 0.717) is 33.6 Å². The Hall–Kier alpha value is -3.11. The van der Waals surface area contributed by atoms with Crippen LogP contribution in [-0.2, 0) is 10.5 Å². The van der Waals surface area contributed by atoms with Crippen molar-refractivity contribution in [3.05, 3.63) is 64.9 Å². The van der Waals surface area contributed by atoms with Gasteiger partial charge in [-0.05, 0) is 36.4 Å². The normalized spacial score (nSPS) is 10.4. The summed E-state index contributed by atoms with van der Waals surface area (Å²) in [5, 5.41) is 7.72. The number of amides is 2. The van der Waals surface area contributed by atoms with Gasteiger partial charge in [0.2, 0.25) is 5.91 Å². The first kappa shape index (κ1) is 22.6. The van der Waals surface area contributed by atoms with E-state index >= 15 is 0 Å². The second-order valence-electron chi connectivity index (χ2n) is 6.19. The van der Waals surface area contributed by atoms with Gasteiger partial charge in [0, 0.05) is 16.8 Å². The van der Waals surface area contributed by atoms with Gasteiger partial charge in [0.15, 0.2) is 16.6 Å². The Morgan fingerprint density at radius 3 is 2.58 bits per heavy atom. The number of para-hydroxylation sites is 1. The molecule has 10 heteroatoms. The number of nitrogens with zero attached hydrogens (tertiary/aromatic N) is 1. The van der Waals surface area contributed by atoms with E-state index in [4.69, 9.17) is 9.47 Å². The van der Waals surface area contributed by atoms with E-state index < -0.39 is 0 Å². The fourth-order valence-electron chi connectivity index (χ4n) is 2.64. The number of anilines is 2. The predicted molar refractivity (Wildman–Crippen MR) is 121 cm³/mol. The molecule has 0 saturated carbocycles. The average molecular weight is 462 g/mol. The van der Waals surface area contributed by atoms with Gasteiger partial charge in [-0.15, -0.1) is 23.1 Å². The van der Waals surface area contributed by atoms with Crippen molar-refractivity contribution in [2.75, 3.05) is 30.6 Å². The maximum Gasteiger partial charge on any atom is 0.261 e. The molecule has 0 fully saturated rings. The van der Waals surface area contributed by atoms with Crippen molar-refractivity contribution >= 4 is 45.7 Å². The smallest absolute Gasteiger partial charge is 0.261 e. The molecule has 0 aliphatic heterocycles. The fourth-order valence-corrected chi connectivity index (χ4v) is 4.17. The number of carbonyl (C=O) groups is 2. The third-order valence-corrected chi connectivity index (χ3v) is 5.80. The molecule has 0 spiro atoms. The second kappa shape index (κ2) is 10.8. The van der Waals surface area contributed by atoms with Crippen LogP contribution >= 0.6 is 23.1 Å². The van der Waals surface area contributed by atoms with Gasteiger partial charge in [-0.1, -0.05) is 6.07 Å². The van der Waals surface area contributed by atoms with Gasteiger partial charge in [-0.25, -0.2) is 9.37 Å². The largest absolute Gasteiger partial charge is 0.493 e. The molecule has 0 bridgehead atoms. The van der Waals surface area contributed by atoms with Crippen LogP contribution in [0, 0.1) is 5.82 Å². The SMILES string of the molecule is COc1cccc(C(=O)Nc2nc(CSCC(=O)Nc3ccc(F)cc3)cs2)c1OC. The number of methoxy groups -OCH3 is 2. The van der Waals surface area contributed by atoms with Crippen LogP contribution in [0.1, 0.15) is 16.1 Å². The highest BCUT2D eigenvalue weighted by molar-refractivity contribution is 7.99. The van der Waals surface area contributed by atoms with E-state index in [-0.39, 0.29) is 23.4 Å². The lowest BCUT2D eigenvalue weighted by Crippen LogP contribution is -2.14. The summed E-state index contributed by atoms with van der Waals surface area (Å²) in [7, 11) is 2.98. The number of ether oxygens (including phenoxy) is 2. The molecule has 0 aliphatic rings. The lowest BCUT2D eigenvalue weighted by molar-refractivity contribution is -0.113. The molecule has 7 nitrogen and oxygen atoms in total. The first-order valence-electron chi connectivity index (χ1n) is 9.10. The van der Waals surface area contributed by atoms with Crippen LogP contribution in [0.25, 0.3) is 0 Å². The zero-order chi connectivity index (χ0) is 22.2. The van der Waals surface area contributed by atoms with E-state index in [9.17, 15) is 14.0 Å². The minimum absolute atomic E-state index is 0.189. The molecule has 2 N–H and O–H groups in total. The lowest BCUT2D eigenvalue weighted by Gasteiger charge is -2.11. The zero-order valence-corrected chi connectivity index (χ0v) is 18.4. The van der Waals surface area contributed by atoms with E-state index in [1.54, 1.807) is 18.2 Å². The third-order valence-electron chi connectivity index (χ3n) is 4.03. The number of benzene rings is 2. The number of thioether (sulfide) groups is 1. The molecule has 162 valence electrons. The van der Waals surface area contributed by atoms with Crippen molar-refractivity contribution in [3.8, 4) is 11.5 Å². The van der Waals surface area contributed by atoms with Gasteiger partial charge in [0.25, 0.3) is 5.91 Å². The van der Waals surface area contributed by atoms with Gasteiger partial charge in [-0.2, -0.15) is 0 Å². The van der Waals surface area contributed by atoms with Gasteiger partial charge in [-0.3, -0.25) is 14.9 Å². The van der Waals surface area contributed by atoms with Gasteiger partial charge < -0.3 is 14.8 Å². The van der Waals surface area contributed by atoms with Crippen LogP contribution in [0.15, 0.2) is 47.8 Å². The van der Waals surface area contributed by atoms with Crippen LogP contribution in [0.4, 0.5) is 15.2 Å². The van der Waals surface area contributed by atoms with Gasteiger partial charge >= 0.3 is 0 Å². The quantitative estimate of drug-likeness (QED) is 0.490. The Balaban J connectivity index is 1.51. The minimum atomic E-state index is -0.358. The van der Waals surface area contributed by atoms with Crippen molar-refractivity contribution in [1.82, 2.24) is 4.98 Å². The summed E-state index contributed by atoms with van der Waals surface area (Å²) in [5.74, 6) is 0.632. The summed E-state index contributed by atoms with van der Waals surface area (Å²) >= 11 is 2.68. The number of aromatic nitrogens is 1. The molecule has 0 aliphatic carbocycles. The van der Waals surface area contributed by atoms with E-state index in [1.807, 2.05) is 5.38 Å². The summed E-state index contributed by atoms with van der Waals surface area (Å²) in [6.45, 7) is 0. The molecule has 0 unspecified atom stereocenters.